The summed E-state index contributed by atoms with van der Waals surface area (Å²) < 4.78 is 0. The maximum Gasteiger partial charge on any atom is 0.224 e. The molecule has 0 radical (unpaired) electrons. The first kappa shape index (κ1) is 17.5. The summed E-state index contributed by atoms with van der Waals surface area (Å²) in [6, 6.07) is 0. The monoisotopic (exact) mass is 394 g/mol. The highest BCUT2D eigenvalue weighted by Gasteiger charge is 2.17. The van der Waals surface area contributed by atoms with Crippen molar-refractivity contribution in [1.29, 1.82) is 0 Å². The first-order valence-electron chi connectivity index (χ1n) is 7.57. The number of hydrogen-bond acceptors (Lipinski definition) is 2. The number of piperidine rings is 1. The molecule has 20 heavy (non-hydrogen) atoms. The number of carbonyl (C=O) groups is 1. The number of nitrogens with two attached hydrogens (primary N) is 1. The number of likely N-dealkylation sites (tertiary alicyclic amines) is 1. The van der Waals surface area contributed by atoms with Crippen LogP contribution in [0.4, 0.5) is 0 Å². The Hall–Kier alpha value is -0.530. The second-order valence-corrected chi connectivity index (χ2v) is 5.64. The zero-order chi connectivity index (χ0) is 13.5. The van der Waals surface area contributed by atoms with Gasteiger partial charge in [0.1, 0.15) is 0 Å². The molecule has 2 aliphatic rings. The third-order valence-electron chi connectivity index (χ3n) is 4.10. The second-order valence-electron chi connectivity index (χ2n) is 5.64. The fraction of sp³-hybridized carbons (Fsp3) is 0.857. The summed E-state index contributed by atoms with van der Waals surface area (Å²) in [5.74, 6) is 1.45. The fourth-order valence-corrected chi connectivity index (χ4v) is 2.56. The van der Waals surface area contributed by atoms with Crippen LogP contribution in [0.3, 0.4) is 0 Å². The van der Waals surface area contributed by atoms with Crippen LogP contribution in [0.2, 0.25) is 0 Å². The van der Waals surface area contributed by atoms with Crippen LogP contribution in [0.25, 0.3) is 0 Å². The van der Waals surface area contributed by atoms with Crippen molar-refractivity contribution in [3.63, 3.8) is 0 Å². The highest BCUT2D eigenvalue weighted by molar-refractivity contribution is 14.0. The van der Waals surface area contributed by atoms with Crippen molar-refractivity contribution in [3.8, 4) is 0 Å². The molecule has 1 saturated carbocycles. The van der Waals surface area contributed by atoms with Crippen molar-refractivity contribution in [2.45, 2.75) is 44.9 Å². The molecule has 1 amide bonds. The van der Waals surface area contributed by atoms with Crippen molar-refractivity contribution in [2.24, 2.45) is 16.6 Å². The highest BCUT2D eigenvalue weighted by Crippen LogP contribution is 2.26. The summed E-state index contributed by atoms with van der Waals surface area (Å²) >= 11 is 0. The van der Waals surface area contributed by atoms with E-state index in [9.17, 15) is 4.79 Å². The van der Waals surface area contributed by atoms with Crippen LogP contribution >= 0.6 is 24.0 Å². The van der Waals surface area contributed by atoms with E-state index >= 15 is 0 Å². The highest BCUT2D eigenvalue weighted by atomic mass is 127. The standard InChI is InChI=1S/C14H26N4O.HI/c15-14(17-11-12-5-4-6-12)16-8-7-13(19)18-9-2-1-3-10-18;/h12H,1-11H2,(H3,15,16,17);1H. The van der Waals surface area contributed by atoms with E-state index in [0.29, 0.717) is 18.9 Å². The minimum Gasteiger partial charge on any atom is -0.370 e. The van der Waals surface area contributed by atoms with Gasteiger partial charge in [-0.1, -0.05) is 6.42 Å². The molecule has 1 aliphatic carbocycles. The van der Waals surface area contributed by atoms with E-state index in [-0.39, 0.29) is 29.9 Å². The summed E-state index contributed by atoms with van der Waals surface area (Å²) in [7, 11) is 0. The molecule has 6 heteroatoms. The first-order chi connectivity index (χ1) is 9.25. The van der Waals surface area contributed by atoms with Gasteiger partial charge in [0, 0.05) is 32.6 Å². The SMILES string of the molecule is I.NC(=NCC1CCC1)NCCC(=O)N1CCCCC1. The number of nitrogens with one attached hydrogen (secondary N) is 1. The molecule has 116 valence electrons. The molecule has 1 aliphatic heterocycles. The van der Waals surface area contributed by atoms with Gasteiger partial charge in [-0.3, -0.25) is 9.79 Å². The zero-order valence-electron chi connectivity index (χ0n) is 12.1. The molecule has 0 bridgehead atoms. The molecular weight excluding hydrogens is 367 g/mol. The number of halogens is 1. The molecule has 2 rings (SSSR count). The van der Waals surface area contributed by atoms with Gasteiger partial charge >= 0.3 is 0 Å². The van der Waals surface area contributed by atoms with Crippen LogP contribution in [0.1, 0.15) is 44.9 Å². The molecule has 0 aromatic carbocycles. The van der Waals surface area contributed by atoms with E-state index < -0.39 is 0 Å². The number of rotatable bonds is 5. The number of nitrogens with zero attached hydrogens (tertiary/aromatic N) is 2. The normalized spacial score (nSPS) is 20.0. The Bertz CT molecular complexity index is 325. The lowest BCUT2D eigenvalue weighted by Crippen LogP contribution is -2.39. The third kappa shape index (κ3) is 5.85. The number of guanidine groups is 1. The van der Waals surface area contributed by atoms with Crippen LogP contribution in [0.5, 0.6) is 0 Å². The van der Waals surface area contributed by atoms with Gasteiger partial charge in [0.25, 0.3) is 0 Å². The van der Waals surface area contributed by atoms with Crippen LogP contribution in [-0.2, 0) is 4.79 Å². The molecule has 5 nitrogen and oxygen atoms in total. The van der Waals surface area contributed by atoms with Gasteiger partial charge in [-0.2, -0.15) is 0 Å². The molecular formula is C14H27IN4O. The average Bonchev–Trinajstić information content (AvgIpc) is 2.38. The summed E-state index contributed by atoms with van der Waals surface area (Å²) in [6.45, 7) is 3.27. The van der Waals surface area contributed by atoms with Gasteiger partial charge in [0.15, 0.2) is 5.96 Å². The van der Waals surface area contributed by atoms with E-state index in [1.165, 1.54) is 25.7 Å². The lowest BCUT2D eigenvalue weighted by molar-refractivity contribution is -0.131. The Kier molecular flexibility index (Phi) is 8.25. The average molecular weight is 394 g/mol. The first-order valence-corrected chi connectivity index (χ1v) is 7.57. The number of aliphatic imine (C=N–C) groups is 1. The van der Waals surface area contributed by atoms with Crippen molar-refractivity contribution in [3.05, 3.63) is 0 Å². The Balaban J connectivity index is 0.00000200. The van der Waals surface area contributed by atoms with E-state index in [1.807, 2.05) is 4.90 Å². The Morgan fingerprint density at radius 2 is 1.90 bits per heavy atom. The van der Waals surface area contributed by atoms with Gasteiger partial charge in [-0.25, -0.2) is 0 Å². The summed E-state index contributed by atoms with van der Waals surface area (Å²) in [5, 5.41) is 3.04. The van der Waals surface area contributed by atoms with Crippen LogP contribution in [0.15, 0.2) is 4.99 Å². The summed E-state index contributed by atoms with van der Waals surface area (Å²) in [5.41, 5.74) is 5.78. The molecule has 2 fully saturated rings. The molecule has 0 spiro atoms. The van der Waals surface area contributed by atoms with E-state index in [2.05, 4.69) is 10.3 Å². The second kappa shape index (κ2) is 9.41. The molecule has 1 heterocycles. The predicted molar refractivity (Wildman–Crippen MR) is 92.3 cm³/mol. The Labute approximate surface area is 138 Å². The van der Waals surface area contributed by atoms with Crippen molar-refractivity contribution >= 4 is 35.8 Å². The quantitative estimate of drug-likeness (QED) is 0.424. The molecule has 0 aromatic rings. The maximum absolute atomic E-state index is 11.9. The number of carbonyl (C=O) groups excluding carboxylic acids is 1. The molecule has 0 atom stereocenters. The maximum atomic E-state index is 11.9. The number of hydrogen-bond donors (Lipinski definition) is 2. The van der Waals surface area contributed by atoms with Gasteiger partial charge in [0.2, 0.25) is 5.91 Å². The van der Waals surface area contributed by atoms with Gasteiger partial charge in [-0.05, 0) is 38.0 Å². The van der Waals surface area contributed by atoms with Crippen molar-refractivity contribution in [2.75, 3.05) is 26.2 Å². The molecule has 3 N–H and O–H groups in total. The van der Waals surface area contributed by atoms with Gasteiger partial charge in [-0.15, -0.1) is 24.0 Å². The predicted octanol–water partition coefficient (Wildman–Crippen LogP) is 1.71. The van der Waals surface area contributed by atoms with Crippen molar-refractivity contribution in [1.82, 2.24) is 10.2 Å². The van der Waals surface area contributed by atoms with Gasteiger partial charge in [0.05, 0.1) is 0 Å². The van der Waals surface area contributed by atoms with E-state index in [1.54, 1.807) is 0 Å². The molecule has 0 unspecified atom stereocenters. The van der Waals surface area contributed by atoms with E-state index in [0.717, 1.165) is 38.4 Å². The number of amides is 1. The molecule has 0 aromatic heterocycles. The third-order valence-corrected chi connectivity index (χ3v) is 4.10. The molecule has 1 saturated heterocycles. The smallest absolute Gasteiger partial charge is 0.224 e. The Morgan fingerprint density at radius 3 is 2.50 bits per heavy atom. The van der Waals surface area contributed by atoms with Crippen molar-refractivity contribution < 1.29 is 4.79 Å². The van der Waals surface area contributed by atoms with Crippen LogP contribution < -0.4 is 11.1 Å². The lowest BCUT2D eigenvalue weighted by Gasteiger charge is -2.26. The van der Waals surface area contributed by atoms with Gasteiger partial charge < -0.3 is 16.0 Å². The largest absolute Gasteiger partial charge is 0.370 e. The summed E-state index contributed by atoms with van der Waals surface area (Å²) in [6.07, 6.45) is 7.95. The zero-order valence-corrected chi connectivity index (χ0v) is 14.5. The van der Waals surface area contributed by atoms with E-state index in [4.69, 9.17) is 5.73 Å². The summed E-state index contributed by atoms with van der Waals surface area (Å²) in [4.78, 5) is 18.2. The van der Waals surface area contributed by atoms with Crippen LogP contribution in [-0.4, -0.2) is 42.9 Å². The minimum atomic E-state index is 0. The minimum absolute atomic E-state index is 0. The fourth-order valence-electron chi connectivity index (χ4n) is 2.56. The van der Waals surface area contributed by atoms with Crippen LogP contribution in [0, 0.1) is 5.92 Å². The lowest BCUT2D eigenvalue weighted by atomic mass is 9.86. The topological polar surface area (TPSA) is 70.7 Å². The Morgan fingerprint density at radius 1 is 1.20 bits per heavy atom.